The van der Waals surface area contributed by atoms with Crippen molar-refractivity contribution in [3.63, 3.8) is 0 Å². The van der Waals surface area contributed by atoms with Crippen LogP contribution in [-0.4, -0.2) is 41.7 Å². The summed E-state index contributed by atoms with van der Waals surface area (Å²) in [6.07, 6.45) is 1.57. The average molecular weight is 345 g/mol. The summed E-state index contributed by atoms with van der Waals surface area (Å²) >= 11 is 0. The lowest BCUT2D eigenvalue weighted by molar-refractivity contribution is 0.201. The maximum Gasteiger partial charge on any atom is 0.120 e. The molecule has 0 bridgehead atoms. The number of ether oxygens (including phenoxy) is 1. The highest BCUT2D eigenvalue weighted by Crippen LogP contribution is 2.35. The van der Waals surface area contributed by atoms with Crippen LogP contribution in [0.4, 0.5) is 11.4 Å². The van der Waals surface area contributed by atoms with Crippen LogP contribution < -0.4 is 9.64 Å². The number of benzene rings is 2. The third-order valence-corrected chi connectivity index (χ3v) is 4.03. The topological polar surface area (TPSA) is 73.2 Å². The molecule has 25 heavy (non-hydrogen) atoms. The number of phenols is 1. The molecule has 2 rings (SSSR count). The summed E-state index contributed by atoms with van der Waals surface area (Å²) < 4.78 is 5.53. The smallest absolute Gasteiger partial charge is 0.120 e. The van der Waals surface area contributed by atoms with Gasteiger partial charge in [-0.25, -0.2) is 0 Å². The van der Waals surface area contributed by atoms with E-state index in [0.29, 0.717) is 0 Å². The molecule has 3 N–H and O–H groups in total. The van der Waals surface area contributed by atoms with Gasteiger partial charge in [0.2, 0.25) is 0 Å². The van der Waals surface area contributed by atoms with E-state index >= 15 is 0 Å². The molecule has 5 heteroatoms. The first-order valence-corrected chi connectivity index (χ1v) is 8.59. The van der Waals surface area contributed by atoms with Crippen LogP contribution in [0.25, 0.3) is 0 Å². The second-order valence-corrected chi connectivity index (χ2v) is 6.08. The van der Waals surface area contributed by atoms with Gasteiger partial charge in [0.25, 0.3) is 0 Å². The number of aryl methyl sites for hydroxylation is 2. The fraction of sp³-hybridized carbons (Fsp3) is 0.400. The lowest BCUT2D eigenvalue weighted by Crippen LogP contribution is -2.21. The summed E-state index contributed by atoms with van der Waals surface area (Å²) in [6, 6.07) is 11.1. The van der Waals surface area contributed by atoms with Crippen LogP contribution in [0, 0.1) is 13.8 Å². The lowest BCUT2D eigenvalue weighted by atomic mass is 10.1. The first-order chi connectivity index (χ1) is 12.1. The Labute approximate surface area is 149 Å². The van der Waals surface area contributed by atoms with Gasteiger partial charge in [-0.1, -0.05) is 6.07 Å². The number of aliphatic hydroxyl groups excluding tert-OH is 2. The zero-order valence-electron chi connectivity index (χ0n) is 14.9. The van der Waals surface area contributed by atoms with Crippen LogP contribution in [0.3, 0.4) is 0 Å². The van der Waals surface area contributed by atoms with Crippen LogP contribution in [0.5, 0.6) is 11.5 Å². The molecule has 2 aromatic carbocycles. The van der Waals surface area contributed by atoms with E-state index in [4.69, 9.17) is 14.9 Å². The minimum Gasteiger partial charge on any atom is -0.508 e. The molecule has 0 aliphatic rings. The normalized spacial score (nSPS) is 10.7. The number of nitrogens with zero attached hydrogens (tertiary/aromatic N) is 1. The van der Waals surface area contributed by atoms with Gasteiger partial charge in [0.1, 0.15) is 18.1 Å². The number of hydrogen-bond donors (Lipinski definition) is 3. The number of unbranched alkanes of at least 4 members (excludes halogenated alkanes) is 1. The van der Waals surface area contributed by atoms with Crippen molar-refractivity contribution in [2.75, 3.05) is 31.3 Å². The molecule has 0 fully saturated rings. The molecule has 0 spiro atoms. The Bertz CT molecular complexity index is 664. The lowest BCUT2D eigenvalue weighted by Gasteiger charge is -2.29. The van der Waals surface area contributed by atoms with Crippen LogP contribution in [-0.2, 0) is 0 Å². The molecule has 136 valence electrons. The predicted molar refractivity (Wildman–Crippen MR) is 99.9 cm³/mol. The molecule has 0 aromatic heterocycles. The Morgan fingerprint density at radius 3 is 2.28 bits per heavy atom. The second kappa shape index (κ2) is 9.30. The van der Waals surface area contributed by atoms with Gasteiger partial charge in [-0.2, -0.15) is 0 Å². The fourth-order valence-electron chi connectivity index (χ4n) is 3.00. The maximum atomic E-state index is 9.85. The van der Waals surface area contributed by atoms with Gasteiger partial charge < -0.3 is 25.0 Å². The van der Waals surface area contributed by atoms with Crippen molar-refractivity contribution in [2.45, 2.75) is 26.7 Å². The quantitative estimate of drug-likeness (QED) is 0.608. The van der Waals surface area contributed by atoms with Crippen LogP contribution in [0.15, 0.2) is 36.4 Å². The average Bonchev–Trinajstić information content (AvgIpc) is 2.58. The second-order valence-electron chi connectivity index (χ2n) is 6.08. The van der Waals surface area contributed by atoms with E-state index < -0.39 is 0 Å². The summed E-state index contributed by atoms with van der Waals surface area (Å²) in [5.74, 6) is 0.960. The molecular formula is C20H27NO4. The Hall–Kier alpha value is -2.24. The molecule has 0 atom stereocenters. The number of aliphatic hydroxyl groups is 2. The Balaban J connectivity index is 2.39. The highest BCUT2D eigenvalue weighted by molar-refractivity contribution is 5.71. The van der Waals surface area contributed by atoms with E-state index in [-0.39, 0.29) is 25.6 Å². The molecule has 5 nitrogen and oxygen atoms in total. The van der Waals surface area contributed by atoms with Gasteiger partial charge in [0.05, 0.1) is 6.61 Å². The third kappa shape index (κ3) is 5.11. The van der Waals surface area contributed by atoms with E-state index in [1.54, 1.807) is 12.1 Å². The minimum absolute atomic E-state index is 0.0174. The summed E-state index contributed by atoms with van der Waals surface area (Å²) in [7, 11) is 0. The molecule has 0 amide bonds. The Kier molecular flexibility index (Phi) is 7.10. The number of rotatable bonds is 9. The van der Waals surface area contributed by atoms with Gasteiger partial charge in [-0.3, -0.25) is 0 Å². The molecule has 2 aromatic rings. The molecule has 0 saturated heterocycles. The number of anilines is 2. The largest absolute Gasteiger partial charge is 0.508 e. The minimum atomic E-state index is -0.0174. The number of phenolic OH excluding ortho intramolecular Hbond substituents is 1. The first-order valence-electron chi connectivity index (χ1n) is 8.59. The van der Waals surface area contributed by atoms with Gasteiger partial charge in [-0.05, 0) is 62.1 Å². The van der Waals surface area contributed by atoms with Crippen molar-refractivity contribution in [1.82, 2.24) is 0 Å². The van der Waals surface area contributed by atoms with Crippen molar-refractivity contribution in [2.24, 2.45) is 0 Å². The molecule has 0 radical (unpaired) electrons. The Morgan fingerprint density at radius 2 is 1.68 bits per heavy atom. The highest BCUT2D eigenvalue weighted by atomic mass is 16.5. The third-order valence-electron chi connectivity index (χ3n) is 4.03. The standard InChI is InChI=1S/C20H27NO4/c1-15-12-19(25-11-10-23)13-16(2)20(15)21(8-3-4-9-22)17-6-5-7-18(24)14-17/h5-7,12-14,22-24H,3-4,8-11H2,1-2H3. The van der Waals surface area contributed by atoms with Gasteiger partial charge in [0, 0.05) is 30.6 Å². The van der Waals surface area contributed by atoms with E-state index in [1.807, 2.05) is 38.1 Å². The van der Waals surface area contributed by atoms with Gasteiger partial charge in [0.15, 0.2) is 0 Å². The van der Waals surface area contributed by atoms with Crippen LogP contribution >= 0.6 is 0 Å². The SMILES string of the molecule is Cc1cc(OCCO)cc(C)c1N(CCCCO)c1cccc(O)c1. The van der Waals surface area contributed by atoms with E-state index in [1.165, 1.54) is 0 Å². The first kappa shape index (κ1) is 19.1. The van der Waals surface area contributed by atoms with Crippen LogP contribution in [0.1, 0.15) is 24.0 Å². The van der Waals surface area contributed by atoms with Crippen molar-refractivity contribution in [1.29, 1.82) is 0 Å². The summed E-state index contributed by atoms with van der Waals surface area (Å²) in [6.45, 7) is 5.20. The van der Waals surface area contributed by atoms with Crippen molar-refractivity contribution in [3.8, 4) is 11.5 Å². The fourth-order valence-corrected chi connectivity index (χ4v) is 3.00. The van der Waals surface area contributed by atoms with E-state index in [9.17, 15) is 5.11 Å². The maximum absolute atomic E-state index is 9.85. The molecule has 0 unspecified atom stereocenters. The van der Waals surface area contributed by atoms with E-state index in [0.717, 1.165) is 47.6 Å². The molecule has 0 aliphatic carbocycles. The summed E-state index contributed by atoms with van der Waals surface area (Å²) in [5, 5.41) is 27.9. The number of aromatic hydroxyl groups is 1. The van der Waals surface area contributed by atoms with Gasteiger partial charge in [-0.15, -0.1) is 0 Å². The zero-order chi connectivity index (χ0) is 18.2. The molecule has 0 aliphatic heterocycles. The Morgan fingerprint density at radius 1 is 0.960 bits per heavy atom. The molecule has 0 heterocycles. The monoisotopic (exact) mass is 345 g/mol. The van der Waals surface area contributed by atoms with Crippen molar-refractivity contribution in [3.05, 3.63) is 47.5 Å². The summed E-state index contributed by atoms with van der Waals surface area (Å²) in [5.41, 5.74) is 4.09. The predicted octanol–water partition coefficient (Wildman–Crippen LogP) is 3.29. The van der Waals surface area contributed by atoms with Crippen molar-refractivity contribution < 1.29 is 20.1 Å². The molecule has 0 saturated carbocycles. The summed E-state index contributed by atoms with van der Waals surface area (Å²) in [4.78, 5) is 2.16. The number of hydrogen-bond acceptors (Lipinski definition) is 5. The highest BCUT2D eigenvalue weighted by Gasteiger charge is 2.16. The van der Waals surface area contributed by atoms with E-state index in [2.05, 4.69) is 4.90 Å². The van der Waals surface area contributed by atoms with Crippen molar-refractivity contribution >= 4 is 11.4 Å². The van der Waals surface area contributed by atoms with Gasteiger partial charge >= 0.3 is 0 Å². The zero-order valence-corrected chi connectivity index (χ0v) is 14.9. The molecular weight excluding hydrogens is 318 g/mol. The van der Waals surface area contributed by atoms with Crippen LogP contribution in [0.2, 0.25) is 0 Å².